The van der Waals surface area contributed by atoms with Crippen LogP contribution < -0.4 is 4.74 Å². The van der Waals surface area contributed by atoms with Gasteiger partial charge in [-0.1, -0.05) is 233 Å². The van der Waals surface area contributed by atoms with Crippen molar-refractivity contribution in [2.24, 2.45) is 139 Å². The Hall–Kier alpha value is -6.76. The fourth-order valence-electron chi connectivity index (χ4n) is 21.9. The molecule has 0 N–H and O–H groups in total. The second kappa shape index (κ2) is 28.0. The molecule has 554 valence electrons. The van der Waals surface area contributed by atoms with Crippen LogP contribution in [0.25, 0.3) is 43.7 Å². The van der Waals surface area contributed by atoms with E-state index >= 15 is 0 Å². The molecule has 18 unspecified atom stereocenters. The van der Waals surface area contributed by atoms with Crippen LogP contribution in [0.3, 0.4) is 0 Å². The summed E-state index contributed by atoms with van der Waals surface area (Å²) in [6.07, 6.45) is 26.3. The first-order chi connectivity index (χ1) is 49.4. The summed E-state index contributed by atoms with van der Waals surface area (Å²) < 4.78 is 19.7. The lowest BCUT2D eigenvalue weighted by molar-refractivity contribution is 0.321. The van der Waals surface area contributed by atoms with Gasteiger partial charge in [0, 0.05) is 12.4 Å². The van der Waals surface area contributed by atoms with Crippen molar-refractivity contribution in [2.75, 3.05) is 7.11 Å². The smallest absolute Gasteiger partial charge is 0.123 e. The van der Waals surface area contributed by atoms with Gasteiger partial charge in [0.2, 0.25) is 0 Å². The second-order valence-corrected chi connectivity index (χ2v) is 41.6. The highest BCUT2D eigenvalue weighted by molar-refractivity contribution is 7.16. The van der Waals surface area contributed by atoms with Crippen LogP contribution in [0.1, 0.15) is 213 Å². The number of methoxy groups -OCH3 is 1. The van der Waals surface area contributed by atoms with Crippen molar-refractivity contribution in [1.82, 2.24) is 15.0 Å². The van der Waals surface area contributed by atoms with Gasteiger partial charge in [-0.25, -0.2) is 9.37 Å². The largest absolute Gasteiger partial charge is 0.497 e. The fraction of sp³-hybridized carbons (Fsp3) is 0.525. The van der Waals surface area contributed by atoms with Crippen LogP contribution in [0.4, 0.5) is 4.39 Å². The molecular formula is C99H124FN3OS. The van der Waals surface area contributed by atoms with Crippen LogP contribution in [-0.4, -0.2) is 22.1 Å². The highest BCUT2D eigenvalue weighted by Crippen LogP contribution is 2.69. The number of aryl methyl sites for hydroxylation is 3. The average Bonchev–Trinajstić information content (AvgIpc) is 1.59. The molecule has 3 aromatic heterocycles. The van der Waals surface area contributed by atoms with Gasteiger partial charge >= 0.3 is 0 Å². The molecule has 4 nitrogen and oxygen atoms in total. The van der Waals surface area contributed by atoms with Crippen molar-refractivity contribution in [3.63, 3.8) is 0 Å². The van der Waals surface area contributed by atoms with Crippen LogP contribution in [0.15, 0.2) is 170 Å². The predicted molar refractivity (Wildman–Crippen MR) is 443 cm³/mol. The first kappa shape index (κ1) is 75.1. The summed E-state index contributed by atoms with van der Waals surface area (Å²) in [5.41, 5.74) is 26.3. The zero-order valence-electron chi connectivity index (χ0n) is 67.8. The van der Waals surface area contributed by atoms with E-state index in [1.165, 1.54) is 110 Å². The Labute approximate surface area is 636 Å². The molecule has 0 spiro atoms. The van der Waals surface area contributed by atoms with Gasteiger partial charge in [-0.15, -0.1) is 11.3 Å². The van der Waals surface area contributed by atoms with E-state index < -0.39 is 0 Å². The van der Waals surface area contributed by atoms with Crippen molar-refractivity contribution in [1.29, 1.82) is 0 Å². The second-order valence-electron chi connectivity index (χ2n) is 40.8. The molecule has 0 bridgehead atoms. The molecule has 0 amide bonds. The van der Waals surface area contributed by atoms with E-state index in [1.54, 1.807) is 41.7 Å². The average molecular weight is 1420 g/mol. The number of hydrogen-bond acceptors (Lipinski definition) is 5. The Morgan fingerprint density at radius 1 is 0.343 bits per heavy atom. The minimum absolute atomic E-state index is 0.128. The highest BCUT2D eigenvalue weighted by atomic mass is 32.1. The maximum atomic E-state index is 13.2. The van der Waals surface area contributed by atoms with Crippen LogP contribution >= 0.6 is 11.3 Å². The number of nitrogens with zero attached hydrogens (tertiary/aromatic N) is 3. The van der Waals surface area contributed by atoms with E-state index in [2.05, 4.69) is 288 Å². The molecule has 12 aliphatic carbocycles. The maximum Gasteiger partial charge on any atom is 0.123 e. The Kier molecular flexibility index (Phi) is 20.0. The number of halogens is 1. The fourth-order valence-corrected chi connectivity index (χ4v) is 22.5. The number of fused-ring (bicyclic) bond motifs is 7. The number of hydrogen-bond donors (Lipinski definition) is 0. The van der Waals surface area contributed by atoms with Crippen molar-refractivity contribution >= 4 is 55.0 Å². The van der Waals surface area contributed by atoms with Crippen molar-refractivity contribution < 1.29 is 9.13 Å². The third-order valence-corrected chi connectivity index (χ3v) is 27.5. The first-order valence-electron chi connectivity index (χ1n) is 40.3. The highest BCUT2D eigenvalue weighted by Gasteiger charge is 2.61. The Morgan fingerprint density at radius 3 is 0.962 bits per heavy atom. The predicted octanol–water partition coefficient (Wildman–Crippen LogP) is 26.8. The molecule has 4 aromatic carbocycles. The number of ether oxygens (including phenoxy) is 1. The number of benzene rings is 4. The van der Waals surface area contributed by atoms with Crippen LogP contribution in [0.5, 0.6) is 5.75 Å². The maximum absolute atomic E-state index is 13.2. The van der Waals surface area contributed by atoms with Crippen molar-refractivity contribution in [3.05, 3.63) is 226 Å². The molecule has 0 radical (unpaired) electrons. The first-order valence-corrected chi connectivity index (χ1v) is 41.2. The Balaban J connectivity index is 0.000000106. The van der Waals surface area contributed by atoms with Crippen LogP contribution in [0, 0.1) is 166 Å². The standard InChI is InChI=1S/C17H19NS.C17H22O.C17H22.C16H19F.2C16H21N/c1-17(2,3)16-12-6-11(7-13(12)16)10-4-5-15-14(8-10)18-9-19-15;1-17(2,3)16-14-9-12(10-15(14)16)11-5-7-13(18-4)8-6-11;1-11-5-7-12(8-6-11)13-9-14-15(10-13)16(14)17(2,3)4;1-16(2,3)15-13-8-11(9-14(13)15)10-5-4-6-12(17)7-10;2*1-10-5-6-14(17-9-10)11-7-12-13(8-11)15(12)16(2,3)4/h4-6,8-9,12-13,16H,7H2,1-3H3;5-9,14-16H,10H2,1-4H3;5-9,14-16H,10H2,1-4H3;4-8,13-15H,9H2,1-3H3;2*5-7,9,12-13,15H,8H2,1-4H3. The summed E-state index contributed by atoms with van der Waals surface area (Å²) in [6, 6.07) is 39.9. The SMILES string of the molecule is CC(C)(C)C1C2C=C(c3ccc4scnc4c3)CC21.CC(C)(C)C1C2C=C(c3cccc(F)c3)CC21.COc1ccc(C2=CC3C(C2)C3C(C)(C)C)cc1.Cc1ccc(C2=CC3C(C2)C3C(C)(C)C)cc1.Cc1ccc(C2=CC3C(C2)C3C(C)(C)C)nc1.Cc1ccc(C2=CC3C(C2)C3C(C)(C)C)nc1. The Bertz CT molecular complexity index is 4290. The zero-order chi connectivity index (χ0) is 74.9. The van der Waals surface area contributed by atoms with Gasteiger partial charge in [0.05, 0.1) is 34.2 Å². The van der Waals surface area contributed by atoms with Gasteiger partial charge < -0.3 is 4.74 Å². The monoisotopic (exact) mass is 1420 g/mol. The quantitative estimate of drug-likeness (QED) is 0.160. The lowest BCUT2D eigenvalue weighted by atomic mass is 9.85. The van der Waals surface area contributed by atoms with Gasteiger partial charge in [-0.05, 0) is 314 Å². The summed E-state index contributed by atoms with van der Waals surface area (Å²) in [6.45, 7) is 48.9. The molecule has 3 heterocycles. The lowest BCUT2D eigenvalue weighted by Gasteiger charge is -2.20. The van der Waals surface area contributed by atoms with Gasteiger partial charge in [0.1, 0.15) is 11.6 Å². The van der Waals surface area contributed by atoms with E-state index in [9.17, 15) is 4.39 Å². The summed E-state index contributed by atoms with van der Waals surface area (Å²) in [5, 5.41) is 0. The molecule has 12 aliphatic rings. The van der Waals surface area contributed by atoms with E-state index in [0.717, 1.165) is 130 Å². The third-order valence-electron chi connectivity index (χ3n) is 26.7. The molecule has 7 aromatic rings. The van der Waals surface area contributed by atoms with E-state index in [0.29, 0.717) is 32.5 Å². The topological polar surface area (TPSA) is 47.9 Å². The van der Waals surface area contributed by atoms with Gasteiger partial charge in [0.15, 0.2) is 0 Å². The number of rotatable bonds is 7. The van der Waals surface area contributed by atoms with Gasteiger partial charge in [-0.3, -0.25) is 9.97 Å². The lowest BCUT2D eigenvalue weighted by Crippen LogP contribution is -2.11. The summed E-state index contributed by atoms with van der Waals surface area (Å²) in [5.74, 6) is 16.5. The molecule has 18 atom stereocenters. The zero-order valence-corrected chi connectivity index (χ0v) is 68.7. The van der Waals surface area contributed by atoms with E-state index in [-0.39, 0.29) is 5.82 Å². The molecule has 0 saturated heterocycles. The van der Waals surface area contributed by atoms with Gasteiger partial charge in [0.25, 0.3) is 0 Å². The minimum Gasteiger partial charge on any atom is -0.497 e. The number of pyridine rings is 2. The summed E-state index contributed by atoms with van der Waals surface area (Å²) in [4.78, 5) is 13.5. The summed E-state index contributed by atoms with van der Waals surface area (Å²) in [7, 11) is 1.72. The van der Waals surface area contributed by atoms with Crippen molar-refractivity contribution in [2.45, 2.75) is 184 Å². The molecule has 6 fully saturated rings. The number of thiazole rings is 1. The van der Waals surface area contributed by atoms with Crippen molar-refractivity contribution in [3.8, 4) is 5.75 Å². The molecule has 6 heteroatoms. The molecule has 105 heavy (non-hydrogen) atoms. The van der Waals surface area contributed by atoms with E-state index in [1.807, 2.05) is 24.0 Å². The van der Waals surface area contributed by atoms with Crippen LogP contribution in [-0.2, 0) is 0 Å². The molecule has 0 aliphatic heterocycles. The van der Waals surface area contributed by atoms with Crippen LogP contribution in [0.2, 0.25) is 0 Å². The number of allylic oxidation sites excluding steroid dienone is 12. The number of aromatic nitrogens is 3. The Morgan fingerprint density at radius 2 is 0.657 bits per heavy atom. The summed E-state index contributed by atoms with van der Waals surface area (Å²) >= 11 is 1.72. The molecule has 6 saturated carbocycles. The van der Waals surface area contributed by atoms with Gasteiger partial charge in [-0.2, -0.15) is 0 Å². The third kappa shape index (κ3) is 16.4. The normalized spacial score (nSPS) is 30.5. The molecule has 19 rings (SSSR count). The minimum atomic E-state index is -0.128. The molecular weight excluding hydrogens is 1300 g/mol. The van der Waals surface area contributed by atoms with E-state index in [4.69, 9.17) is 4.74 Å².